The van der Waals surface area contributed by atoms with Gasteiger partial charge in [0.05, 0.1) is 13.2 Å². The molecule has 2 unspecified atom stereocenters. The molecule has 0 spiro atoms. The van der Waals surface area contributed by atoms with Crippen LogP contribution in [0.3, 0.4) is 0 Å². The highest BCUT2D eigenvalue weighted by atomic mass is 16.6. The monoisotopic (exact) mass is 452 g/mol. The number of rotatable bonds is 16. The van der Waals surface area contributed by atoms with Gasteiger partial charge in [0.1, 0.15) is 5.92 Å². The summed E-state index contributed by atoms with van der Waals surface area (Å²) in [4.78, 5) is 38.1. The summed E-state index contributed by atoms with van der Waals surface area (Å²) in [5.74, 6) is -2.03. The fourth-order valence-corrected chi connectivity index (χ4v) is 4.18. The van der Waals surface area contributed by atoms with Crippen molar-refractivity contribution >= 4 is 17.9 Å². The third-order valence-electron chi connectivity index (χ3n) is 6.08. The molecule has 0 aromatic rings. The standard InChI is InChI=1S/C26H44O6/c1-5-7-8-9-14-19-30-24(28)22-17-12-13-18-26(22,32-23(27)6-2)25(29)31-20-15-10-11-16-21(3)4/h6,21-22H,2,5,7-20H2,1,3-4H3. The van der Waals surface area contributed by atoms with Crippen molar-refractivity contribution in [1.82, 2.24) is 0 Å². The molecule has 0 saturated heterocycles. The van der Waals surface area contributed by atoms with E-state index in [4.69, 9.17) is 14.2 Å². The van der Waals surface area contributed by atoms with Gasteiger partial charge in [-0.05, 0) is 38.0 Å². The molecule has 1 rings (SSSR count). The van der Waals surface area contributed by atoms with Crippen LogP contribution in [0.25, 0.3) is 0 Å². The van der Waals surface area contributed by atoms with Crippen molar-refractivity contribution in [3.05, 3.63) is 12.7 Å². The summed E-state index contributed by atoms with van der Waals surface area (Å²) in [6, 6.07) is 0. The second-order valence-corrected chi connectivity index (χ2v) is 9.27. The lowest BCUT2D eigenvalue weighted by Crippen LogP contribution is -2.55. The van der Waals surface area contributed by atoms with Gasteiger partial charge in [0, 0.05) is 6.08 Å². The van der Waals surface area contributed by atoms with Gasteiger partial charge >= 0.3 is 17.9 Å². The molecule has 0 bridgehead atoms. The molecule has 0 heterocycles. The van der Waals surface area contributed by atoms with Crippen molar-refractivity contribution in [2.45, 2.75) is 110 Å². The van der Waals surface area contributed by atoms with Crippen LogP contribution in [-0.4, -0.2) is 36.7 Å². The minimum absolute atomic E-state index is 0.253. The Morgan fingerprint density at radius 1 is 0.969 bits per heavy atom. The number of ether oxygens (including phenoxy) is 3. The van der Waals surface area contributed by atoms with Crippen molar-refractivity contribution in [3.63, 3.8) is 0 Å². The van der Waals surface area contributed by atoms with Gasteiger partial charge in [-0.15, -0.1) is 0 Å². The first-order chi connectivity index (χ1) is 15.4. The normalized spacial score (nSPS) is 20.6. The Balaban J connectivity index is 2.74. The molecule has 1 aliphatic carbocycles. The third-order valence-corrected chi connectivity index (χ3v) is 6.08. The minimum atomic E-state index is -1.62. The van der Waals surface area contributed by atoms with Crippen LogP contribution in [0.15, 0.2) is 12.7 Å². The molecule has 184 valence electrons. The highest BCUT2D eigenvalue weighted by Gasteiger charge is 2.55. The molecule has 1 aliphatic rings. The summed E-state index contributed by atoms with van der Waals surface area (Å²) in [6.45, 7) is 10.5. The van der Waals surface area contributed by atoms with Crippen LogP contribution in [0, 0.1) is 11.8 Å². The molecule has 0 aromatic heterocycles. The third kappa shape index (κ3) is 9.74. The molecule has 0 N–H and O–H groups in total. The van der Waals surface area contributed by atoms with Gasteiger partial charge in [-0.1, -0.05) is 78.7 Å². The maximum Gasteiger partial charge on any atom is 0.351 e. The maximum absolute atomic E-state index is 13.1. The molecule has 32 heavy (non-hydrogen) atoms. The molecule has 6 heteroatoms. The second-order valence-electron chi connectivity index (χ2n) is 9.27. The summed E-state index contributed by atoms with van der Waals surface area (Å²) >= 11 is 0. The highest BCUT2D eigenvalue weighted by Crippen LogP contribution is 2.39. The van der Waals surface area contributed by atoms with E-state index in [-0.39, 0.29) is 13.0 Å². The Morgan fingerprint density at radius 3 is 2.28 bits per heavy atom. The Morgan fingerprint density at radius 2 is 1.62 bits per heavy atom. The average molecular weight is 453 g/mol. The van der Waals surface area contributed by atoms with Crippen LogP contribution in [-0.2, 0) is 28.6 Å². The Bertz CT molecular complexity index is 585. The quantitative estimate of drug-likeness (QED) is 0.125. The van der Waals surface area contributed by atoms with Gasteiger partial charge in [0.15, 0.2) is 0 Å². The lowest BCUT2D eigenvalue weighted by Gasteiger charge is -2.39. The Hall–Kier alpha value is -1.85. The lowest BCUT2D eigenvalue weighted by atomic mass is 9.75. The van der Waals surface area contributed by atoms with E-state index in [2.05, 4.69) is 27.4 Å². The maximum atomic E-state index is 13.1. The Labute approximate surface area is 194 Å². The average Bonchev–Trinajstić information content (AvgIpc) is 2.78. The van der Waals surface area contributed by atoms with Crippen LogP contribution in [0.5, 0.6) is 0 Å². The number of hydrogen-bond acceptors (Lipinski definition) is 6. The van der Waals surface area contributed by atoms with E-state index in [0.29, 0.717) is 25.4 Å². The van der Waals surface area contributed by atoms with Crippen molar-refractivity contribution in [2.75, 3.05) is 13.2 Å². The molecule has 0 aromatic carbocycles. The predicted molar refractivity (Wildman–Crippen MR) is 125 cm³/mol. The number of carbonyl (C=O) groups is 3. The fraction of sp³-hybridized carbons (Fsp3) is 0.808. The highest BCUT2D eigenvalue weighted by molar-refractivity contribution is 5.92. The van der Waals surface area contributed by atoms with Crippen LogP contribution in [0.4, 0.5) is 0 Å². The first-order valence-electron chi connectivity index (χ1n) is 12.6. The smallest absolute Gasteiger partial charge is 0.351 e. The predicted octanol–water partition coefficient (Wildman–Crippen LogP) is 5.92. The van der Waals surface area contributed by atoms with Crippen LogP contribution in [0.1, 0.15) is 104 Å². The summed E-state index contributed by atoms with van der Waals surface area (Å²) in [6.07, 6.45) is 12.3. The van der Waals surface area contributed by atoms with E-state index in [1.807, 2.05) is 0 Å². The van der Waals surface area contributed by atoms with E-state index >= 15 is 0 Å². The van der Waals surface area contributed by atoms with Gasteiger partial charge in [0.25, 0.3) is 0 Å². The van der Waals surface area contributed by atoms with E-state index in [9.17, 15) is 14.4 Å². The molecule has 1 fully saturated rings. The zero-order chi connectivity index (χ0) is 23.8. The second kappa shape index (κ2) is 15.9. The molecular formula is C26H44O6. The summed E-state index contributed by atoms with van der Waals surface area (Å²) < 4.78 is 16.6. The van der Waals surface area contributed by atoms with E-state index in [1.165, 1.54) is 6.42 Å². The molecular weight excluding hydrogens is 408 g/mol. The first-order valence-corrected chi connectivity index (χ1v) is 12.6. The zero-order valence-electron chi connectivity index (χ0n) is 20.5. The molecule has 1 saturated carbocycles. The van der Waals surface area contributed by atoms with Crippen molar-refractivity contribution < 1.29 is 28.6 Å². The molecule has 0 aliphatic heterocycles. The van der Waals surface area contributed by atoms with Gasteiger partial charge in [0.2, 0.25) is 5.60 Å². The fourth-order valence-electron chi connectivity index (χ4n) is 4.18. The number of esters is 3. The number of unbranched alkanes of at least 4 members (excludes halogenated alkanes) is 6. The lowest BCUT2D eigenvalue weighted by molar-refractivity contribution is -0.198. The van der Waals surface area contributed by atoms with Crippen LogP contribution in [0.2, 0.25) is 0 Å². The van der Waals surface area contributed by atoms with Crippen molar-refractivity contribution in [2.24, 2.45) is 11.8 Å². The summed E-state index contributed by atoms with van der Waals surface area (Å²) in [5.41, 5.74) is -1.62. The van der Waals surface area contributed by atoms with E-state index < -0.39 is 29.4 Å². The molecule has 0 radical (unpaired) electrons. The van der Waals surface area contributed by atoms with E-state index in [1.54, 1.807) is 0 Å². The SMILES string of the molecule is C=CC(=O)OC1(C(=O)OCCCCCC(C)C)CCCCC1C(=O)OCCCCCCC. The minimum Gasteiger partial charge on any atom is -0.465 e. The number of hydrogen-bond donors (Lipinski definition) is 0. The van der Waals surface area contributed by atoms with E-state index in [0.717, 1.165) is 63.9 Å². The van der Waals surface area contributed by atoms with Crippen molar-refractivity contribution in [3.8, 4) is 0 Å². The van der Waals surface area contributed by atoms with Crippen LogP contribution < -0.4 is 0 Å². The zero-order valence-corrected chi connectivity index (χ0v) is 20.5. The van der Waals surface area contributed by atoms with Gasteiger partial charge in [-0.2, -0.15) is 0 Å². The molecule has 0 amide bonds. The van der Waals surface area contributed by atoms with Gasteiger partial charge in [-0.3, -0.25) is 4.79 Å². The van der Waals surface area contributed by atoms with Crippen molar-refractivity contribution in [1.29, 1.82) is 0 Å². The summed E-state index contributed by atoms with van der Waals surface area (Å²) in [7, 11) is 0. The molecule has 2 atom stereocenters. The van der Waals surface area contributed by atoms with Crippen LogP contribution >= 0.6 is 0 Å². The topological polar surface area (TPSA) is 78.9 Å². The summed E-state index contributed by atoms with van der Waals surface area (Å²) in [5, 5.41) is 0. The van der Waals surface area contributed by atoms with Gasteiger partial charge < -0.3 is 14.2 Å². The molecule has 6 nitrogen and oxygen atoms in total. The largest absolute Gasteiger partial charge is 0.465 e. The number of carbonyl (C=O) groups excluding carboxylic acids is 3. The van der Waals surface area contributed by atoms with Gasteiger partial charge in [-0.25, -0.2) is 9.59 Å². The Kier molecular flexibility index (Phi) is 14.0. The first kappa shape index (κ1) is 28.2.